The van der Waals surface area contributed by atoms with E-state index in [-0.39, 0.29) is 5.56 Å². The molecule has 154 valence electrons. The van der Waals surface area contributed by atoms with Gasteiger partial charge < -0.3 is 9.88 Å². The van der Waals surface area contributed by atoms with E-state index >= 15 is 0 Å². The average Bonchev–Trinajstić information content (AvgIpc) is 3.40. The molecular weight excluding hydrogens is 384 g/mol. The van der Waals surface area contributed by atoms with Crippen molar-refractivity contribution >= 4 is 16.7 Å². The van der Waals surface area contributed by atoms with Crippen molar-refractivity contribution in [3.05, 3.63) is 45.4 Å². The smallest absolute Gasteiger partial charge is 0.265 e. The molecule has 0 spiro atoms. The van der Waals surface area contributed by atoms with Crippen molar-refractivity contribution in [2.24, 2.45) is 0 Å². The van der Waals surface area contributed by atoms with Gasteiger partial charge in [-0.3, -0.25) is 14.8 Å². The summed E-state index contributed by atoms with van der Waals surface area (Å²) in [4.78, 5) is 27.5. The Morgan fingerprint density at radius 1 is 1.21 bits per heavy atom. The standard InChI is InChI=1S/C21H28N6OS/c1-14-16(12-22-25-14)18-5-4-17-20(29-18)21(28)24-19(23-17)13-26-10-6-15(7-11-26)27-8-2-3-9-27/h5,12,15H,2-4,6-11,13H2,1H3,(H,22,25)(H,23,24,28). The number of allylic oxidation sites excluding steroid dienone is 1. The van der Waals surface area contributed by atoms with Gasteiger partial charge in [-0.05, 0) is 45.7 Å². The van der Waals surface area contributed by atoms with Crippen molar-refractivity contribution < 1.29 is 0 Å². The van der Waals surface area contributed by atoms with E-state index in [1.807, 2.05) is 13.1 Å². The maximum atomic E-state index is 12.8. The minimum absolute atomic E-state index is 0.0197. The molecule has 2 aromatic heterocycles. The molecule has 0 saturated carbocycles. The van der Waals surface area contributed by atoms with Gasteiger partial charge in [0, 0.05) is 41.7 Å². The lowest BCUT2D eigenvalue weighted by Gasteiger charge is -2.36. The van der Waals surface area contributed by atoms with Crippen LogP contribution in [-0.4, -0.2) is 62.2 Å². The first-order chi connectivity index (χ1) is 14.2. The number of nitrogens with one attached hydrogen (secondary N) is 2. The van der Waals surface area contributed by atoms with E-state index < -0.39 is 0 Å². The van der Waals surface area contributed by atoms with Crippen LogP contribution in [0.15, 0.2) is 22.0 Å². The van der Waals surface area contributed by atoms with Crippen molar-refractivity contribution in [2.45, 2.75) is 56.5 Å². The number of thioether (sulfide) groups is 1. The minimum Gasteiger partial charge on any atom is -0.308 e. The van der Waals surface area contributed by atoms with E-state index in [9.17, 15) is 4.79 Å². The fourth-order valence-electron chi connectivity index (χ4n) is 4.75. The number of H-pyrrole nitrogens is 2. The van der Waals surface area contributed by atoms with Gasteiger partial charge in [-0.2, -0.15) is 5.10 Å². The molecule has 5 heterocycles. The number of fused-ring (bicyclic) bond motifs is 1. The molecule has 8 heteroatoms. The summed E-state index contributed by atoms with van der Waals surface area (Å²) in [6, 6.07) is 0.746. The largest absolute Gasteiger partial charge is 0.308 e. The SMILES string of the molecule is Cc1[nH]ncc1C1=CCc2nc(CN3CCC(N4CCCC4)CC3)[nH]c(=O)c2S1. The van der Waals surface area contributed by atoms with E-state index in [0.29, 0.717) is 6.42 Å². The van der Waals surface area contributed by atoms with Gasteiger partial charge in [0.2, 0.25) is 0 Å². The molecule has 2 N–H and O–H groups in total. The van der Waals surface area contributed by atoms with Crippen molar-refractivity contribution in [3.8, 4) is 0 Å². The van der Waals surface area contributed by atoms with Crippen LogP contribution in [0, 0.1) is 6.92 Å². The van der Waals surface area contributed by atoms with E-state index in [4.69, 9.17) is 4.98 Å². The van der Waals surface area contributed by atoms with Crippen molar-refractivity contribution in [3.63, 3.8) is 0 Å². The normalized spacial score (nSPS) is 21.3. The molecule has 3 aliphatic heterocycles. The number of nitrogens with zero attached hydrogens (tertiary/aromatic N) is 4. The lowest BCUT2D eigenvalue weighted by molar-refractivity contribution is 0.120. The molecule has 2 fully saturated rings. The zero-order valence-corrected chi connectivity index (χ0v) is 17.7. The summed E-state index contributed by atoms with van der Waals surface area (Å²) in [6.45, 7) is 7.45. The Morgan fingerprint density at radius 3 is 2.72 bits per heavy atom. The third-order valence-electron chi connectivity index (χ3n) is 6.37. The van der Waals surface area contributed by atoms with Crippen LogP contribution in [0.5, 0.6) is 0 Å². The first kappa shape index (κ1) is 19.1. The number of aryl methyl sites for hydroxylation is 1. The van der Waals surface area contributed by atoms with Crippen molar-refractivity contribution in [2.75, 3.05) is 26.2 Å². The number of likely N-dealkylation sites (tertiary alicyclic amines) is 2. The quantitative estimate of drug-likeness (QED) is 0.803. The maximum Gasteiger partial charge on any atom is 0.265 e. The third kappa shape index (κ3) is 3.93. The topological polar surface area (TPSA) is 80.9 Å². The molecule has 5 rings (SSSR count). The van der Waals surface area contributed by atoms with Crippen molar-refractivity contribution in [1.29, 1.82) is 0 Å². The van der Waals surface area contributed by atoms with E-state index in [2.05, 4.69) is 31.1 Å². The number of aromatic nitrogens is 4. The van der Waals surface area contributed by atoms with Crippen LogP contribution in [0.2, 0.25) is 0 Å². The first-order valence-electron chi connectivity index (χ1n) is 10.6. The summed E-state index contributed by atoms with van der Waals surface area (Å²) in [5.41, 5.74) is 2.95. The van der Waals surface area contributed by atoms with Gasteiger partial charge in [0.15, 0.2) is 0 Å². The molecule has 0 radical (unpaired) electrons. The third-order valence-corrected chi connectivity index (χ3v) is 7.60. The van der Waals surface area contributed by atoms with Crippen LogP contribution >= 0.6 is 11.8 Å². The Hall–Kier alpha value is -1.90. The molecule has 3 aliphatic rings. The maximum absolute atomic E-state index is 12.8. The van der Waals surface area contributed by atoms with Crippen LogP contribution in [-0.2, 0) is 13.0 Å². The Morgan fingerprint density at radius 2 is 2.00 bits per heavy atom. The molecule has 0 aromatic carbocycles. The van der Waals surface area contributed by atoms with Crippen LogP contribution in [0.25, 0.3) is 4.91 Å². The highest BCUT2D eigenvalue weighted by atomic mass is 32.2. The number of piperidine rings is 1. The molecule has 0 atom stereocenters. The molecule has 0 aliphatic carbocycles. The summed E-state index contributed by atoms with van der Waals surface area (Å²) in [5, 5.41) is 7.06. The van der Waals surface area contributed by atoms with Gasteiger partial charge in [-0.15, -0.1) is 0 Å². The zero-order chi connectivity index (χ0) is 19.8. The van der Waals surface area contributed by atoms with Gasteiger partial charge in [0.25, 0.3) is 5.56 Å². The lowest BCUT2D eigenvalue weighted by Crippen LogP contribution is -2.43. The average molecular weight is 413 g/mol. The number of hydrogen-bond acceptors (Lipinski definition) is 6. The Kier molecular flexibility index (Phi) is 5.32. The molecule has 2 aromatic rings. The van der Waals surface area contributed by atoms with Gasteiger partial charge in [0.1, 0.15) is 5.82 Å². The second-order valence-electron chi connectivity index (χ2n) is 8.32. The second-order valence-corrected chi connectivity index (χ2v) is 9.37. The number of aromatic amines is 2. The van der Waals surface area contributed by atoms with E-state index in [1.54, 1.807) is 0 Å². The van der Waals surface area contributed by atoms with E-state index in [0.717, 1.165) is 58.3 Å². The summed E-state index contributed by atoms with van der Waals surface area (Å²) >= 11 is 1.50. The monoisotopic (exact) mass is 412 g/mol. The molecule has 2 saturated heterocycles. The highest BCUT2D eigenvalue weighted by Crippen LogP contribution is 2.38. The predicted octanol–water partition coefficient (Wildman–Crippen LogP) is 2.55. The van der Waals surface area contributed by atoms with Crippen molar-refractivity contribution in [1.82, 2.24) is 30.0 Å². The van der Waals surface area contributed by atoms with E-state index in [1.165, 1.54) is 50.5 Å². The highest BCUT2D eigenvalue weighted by molar-refractivity contribution is 8.08. The Labute approximate surface area is 175 Å². The summed E-state index contributed by atoms with van der Waals surface area (Å²) in [5.74, 6) is 0.797. The van der Waals surface area contributed by atoms with Gasteiger partial charge >= 0.3 is 0 Å². The Balaban J connectivity index is 1.25. The molecule has 0 bridgehead atoms. The van der Waals surface area contributed by atoms with Crippen LogP contribution in [0.4, 0.5) is 0 Å². The fourth-order valence-corrected chi connectivity index (χ4v) is 5.84. The van der Waals surface area contributed by atoms with Gasteiger partial charge in [0.05, 0.1) is 23.3 Å². The second kappa shape index (κ2) is 8.08. The first-order valence-corrected chi connectivity index (χ1v) is 11.5. The summed E-state index contributed by atoms with van der Waals surface area (Å²) in [6.07, 6.45) is 9.83. The predicted molar refractivity (Wildman–Crippen MR) is 115 cm³/mol. The van der Waals surface area contributed by atoms with Gasteiger partial charge in [-0.25, -0.2) is 4.98 Å². The zero-order valence-electron chi connectivity index (χ0n) is 16.9. The number of rotatable bonds is 4. The minimum atomic E-state index is -0.0197. The number of hydrogen-bond donors (Lipinski definition) is 2. The lowest BCUT2D eigenvalue weighted by atomic mass is 10.0. The van der Waals surface area contributed by atoms with Crippen LogP contribution in [0.1, 0.15) is 48.5 Å². The van der Waals surface area contributed by atoms with Crippen LogP contribution in [0.3, 0.4) is 0 Å². The fraction of sp³-hybridized carbons (Fsp3) is 0.571. The van der Waals surface area contributed by atoms with Gasteiger partial charge in [-0.1, -0.05) is 17.8 Å². The molecule has 29 heavy (non-hydrogen) atoms. The molecule has 0 unspecified atom stereocenters. The molecule has 7 nitrogen and oxygen atoms in total. The summed E-state index contributed by atoms with van der Waals surface area (Å²) in [7, 11) is 0. The summed E-state index contributed by atoms with van der Waals surface area (Å²) < 4.78 is 0. The van der Waals surface area contributed by atoms with Crippen LogP contribution < -0.4 is 5.56 Å². The Bertz CT molecular complexity index is 966. The molecule has 0 amide bonds. The highest BCUT2D eigenvalue weighted by Gasteiger charge is 2.27. The molecular formula is C21H28N6OS.